The summed E-state index contributed by atoms with van der Waals surface area (Å²) in [6.07, 6.45) is 1.00. The number of carbonyl (C=O) groups is 2. The smallest absolute Gasteiger partial charge is 0.308 e. The van der Waals surface area contributed by atoms with Gasteiger partial charge in [0.2, 0.25) is 5.91 Å². The van der Waals surface area contributed by atoms with Crippen molar-refractivity contribution in [3.8, 4) is 0 Å². The lowest BCUT2D eigenvalue weighted by atomic mass is 9.90. The van der Waals surface area contributed by atoms with Crippen molar-refractivity contribution in [3.05, 3.63) is 35.2 Å². The number of fused-ring (bicyclic) bond motifs is 1. The lowest BCUT2D eigenvalue weighted by molar-refractivity contribution is -0.146. The molecule has 5 heteroatoms. The number of aliphatic carboxylic acids is 1. The van der Waals surface area contributed by atoms with E-state index < -0.39 is 11.9 Å². The molecular formula is C17H19NO3S. The minimum Gasteiger partial charge on any atom is -0.481 e. The Hall–Kier alpha value is -1.88. The van der Waals surface area contributed by atoms with Crippen LogP contribution in [0.1, 0.15) is 18.9 Å². The molecule has 2 aromatic rings. The molecule has 0 bridgehead atoms. The first-order valence-corrected chi connectivity index (χ1v) is 8.38. The molecule has 0 spiro atoms. The van der Waals surface area contributed by atoms with Crippen molar-refractivity contribution >= 4 is 33.3 Å². The fraction of sp³-hybridized carbons (Fsp3) is 0.412. The first-order chi connectivity index (χ1) is 10.5. The van der Waals surface area contributed by atoms with Gasteiger partial charge in [-0.2, -0.15) is 0 Å². The number of amides is 1. The maximum atomic E-state index is 12.6. The summed E-state index contributed by atoms with van der Waals surface area (Å²) < 4.78 is 1.18. The summed E-state index contributed by atoms with van der Waals surface area (Å²) in [6.45, 7) is 3.00. The highest BCUT2D eigenvalue weighted by Gasteiger charge is 2.31. The molecule has 1 fully saturated rings. The maximum Gasteiger partial charge on any atom is 0.308 e. The minimum atomic E-state index is -0.801. The second-order valence-electron chi connectivity index (χ2n) is 6.11. The fourth-order valence-electron chi connectivity index (χ4n) is 3.18. The van der Waals surface area contributed by atoms with E-state index in [1.807, 2.05) is 30.5 Å². The van der Waals surface area contributed by atoms with Crippen LogP contribution in [0.3, 0.4) is 0 Å². The zero-order valence-corrected chi connectivity index (χ0v) is 13.3. The topological polar surface area (TPSA) is 57.6 Å². The normalized spacial score (nSPS) is 22.0. The molecule has 2 unspecified atom stereocenters. The van der Waals surface area contributed by atoms with Gasteiger partial charge in [0.25, 0.3) is 0 Å². The Bertz CT molecular complexity index is 709. The van der Waals surface area contributed by atoms with Gasteiger partial charge in [-0.3, -0.25) is 9.59 Å². The Morgan fingerprint density at radius 3 is 2.86 bits per heavy atom. The molecule has 116 valence electrons. The monoisotopic (exact) mass is 317 g/mol. The van der Waals surface area contributed by atoms with Crippen molar-refractivity contribution in [1.29, 1.82) is 0 Å². The first-order valence-electron chi connectivity index (χ1n) is 7.50. The van der Waals surface area contributed by atoms with E-state index in [0.717, 1.165) is 10.9 Å². The maximum absolute atomic E-state index is 12.6. The molecule has 2 atom stereocenters. The largest absolute Gasteiger partial charge is 0.481 e. The summed E-state index contributed by atoms with van der Waals surface area (Å²) in [6, 6.07) is 8.06. The van der Waals surface area contributed by atoms with Crippen LogP contribution in [0, 0.1) is 11.8 Å². The molecule has 4 nitrogen and oxygen atoms in total. The van der Waals surface area contributed by atoms with E-state index in [1.54, 1.807) is 16.2 Å². The predicted octanol–water partition coefficient (Wildman–Crippen LogP) is 3.01. The average Bonchev–Trinajstić information content (AvgIpc) is 2.90. The van der Waals surface area contributed by atoms with Crippen LogP contribution in [0.25, 0.3) is 10.1 Å². The van der Waals surface area contributed by atoms with Crippen molar-refractivity contribution in [1.82, 2.24) is 4.90 Å². The molecule has 1 saturated heterocycles. The molecule has 0 radical (unpaired) electrons. The number of carboxylic acid groups (broad SMARTS) is 1. The Morgan fingerprint density at radius 2 is 2.09 bits per heavy atom. The molecule has 0 saturated carbocycles. The Labute approximate surface area is 133 Å². The van der Waals surface area contributed by atoms with Crippen LogP contribution in [-0.2, 0) is 16.0 Å². The fourth-order valence-corrected chi connectivity index (χ4v) is 4.14. The van der Waals surface area contributed by atoms with E-state index >= 15 is 0 Å². The van der Waals surface area contributed by atoms with Crippen LogP contribution in [-0.4, -0.2) is 35.0 Å². The Balaban J connectivity index is 1.75. The van der Waals surface area contributed by atoms with Gasteiger partial charge in [0.1, 0.15) is 0 Å². The zero-order chi connectivity index (χ0) is 15.7. The first kappa shape index (κ1) is 15.0. The van der Waals surface area contributed by atoms with Crippen molar-refractivity contribution < 1.29 is 14.7 Å². The number of likely N-dealkylation sites (tertiary alicyclic amines) is 1. The van der Waals surface area contributed by atoms with Crippen LogP contribution in [0.15, 0.2) is 29.6 Å². The van der Waals surface area contributed by atoms with Crippen molar-refractivity contribution in [2.75, 3.05) is 13.1 Å². The quantitative estimate of drug-likeness (QED) is 0.946. The van der Waals surface area contributed by atoms with Crippen LogP contribution in [0.2, 0.25) is 0 Å². The van der Waals surface area contributed by atoms with E-state index in [0.29, 0.717) is 25.9 Å². The van der Waals surface area contributed by atoms with E-state index in [1.165, 1.54) is 4.70 Å². The van der Waals surface area contributed by atoms with Gasteiger partial charge in [-0.05, 0) is 34.7 Å². The second-order valence-corrected chi connectivity index (χ2v) is 7.02. The molecule has 2 heterocycles. The van der Waals surface area contributed by atoms with Crippen LogP contribution >= 0.6 is 11.3 Å². The highest BCUT2D eigenvalue weighted by atomic mass is 32.1. The summed E-state index contributed by atoms with van der Waals surface area (Å²) in [5, 5.41) is 12.4. The molecule has 22 heavy (non-hydrogen) atoms. The summed E-state index contributed by atoms with van der Waals surface area (Å²) >= 11 is 1.64. The standard InChI is InChI=1S/C17H19NO3S/c1-11-6-12(17(20)21)9-18(8-11)16(19)7-13-10-22-15-5-3-2-4-14(13)15/h2-5,10-12H,6-9H2,1H3,(H,20,21). The van der Waals surface area contributed by atoms with Crippen molar-refractivity contribution in [2.24, 2.45) is 11.8 Å². The molecule has 3 rings (SSSR count). The van der Waals surface area contributed by atoms with Crippen LogP contribution in [0.5, 0.6) is 0 Å². The van der Waals surface area contributed by atoms with E-state index in [9.17, 15) is 14.7 Å². The third-order valence-electron chi connectivity index (χ3n) is 4.26. The van der Waals surface area contributed by atoms with E-state index in [4.69, 9.17) is 0 Å². The van der Waals surface area contributed by atoms with Gasteiger partial charge in [0, 0.05) is 17.8 Å². The van der Waals surface area contributed by atoms with E-state index in [2.05, 4.69) is 6.07 Å². The summed E-state index contributed by atoms with van der Waals surface area (Å²) in [7, 11) is 0. The van der Waals surface area contributed by atoms with Gasteiger partial charge in [0.15, 0.2) is 0 Å². The number of thiophene rings is 1. The number of hydrogen-bond acceptors (Lipinski definition) is 3. The summed E-state index contributed by atoms with van der Waals surface area (Å²) in [5.74, 6) is -0.975. The van der Waals surface area contributed by atoms with Gasteiger partial charge < -0.3 is 10.0 Å². The highest BCUT2D eigenvalue weighted by molar-refractivity contribution is 7.17. The summed E-state index contributed by atoms with van der Waals surface area (Å²) in [5.41, 5.74) is 1.04. The van der Waals surface area contributed by atoms with Crippen LogP contribution < -0.4 is 0 Å². The number of rotatable bonds is 3. The number of benzene rings is 1. The highest BCUT2D eigenvalue weighted by Crippen LogP contribution is 2.27. The Kier molecular flexibility index (Phi) is 4.16. The van der Waals surface area contributed by atoms with E-state index in [-0.39, 0.29) is 11.8 Å². The molecule has 1 N–H and O–H groups in total. The van der Waals surface area contributed by atoms with Gasteiger partial charge in [0.05, 0.1) is 12.3 Å². The minimum absolute atomic E-state index is 0.0290. The third-order valence-corrected chi connectivity index (χ3v) is 5.28. The molecule has 1 amide bonds. The van der Waals surface area contributed by atoms with Crippen molar-refractivity contribution in [2.45, 2.75) is 19.8 Å². The second kappa shape index (κ2) is 6.08. The van der Waals surface area contributed by atoms with Gasteiger partial charge in [-0.25, -0.2) is 0 Å². The Morgan fingerprint density at radius 1 is 1.32 bits per heavy atom. The molecule has 1 aromatic carbocycles. The van der Waals surface area contributed by atoms with Crippen molar-refractivity contribution in [3.63, 3.8) is 0 Å². The SMILES string of the molecule is CC1CC(C(=O)O)CN(C(=O)Cc2csc3ccccc23)C1. The van der Waals surface area contributed by atoms with Gasteiger partial charge in [-0.15, -0.1) is 11.3 Å². The molecule has 0 aliphatic carbocycles. The predicted molar refractivity (Wildman–Crippen MR) is 87.0 cm³/mol. The van der Waals surface area contributed by atoms with Gasteiger partial charge in [-0.1, -0.05) is 25.1 Å². The number of carboxylic acids is 1. The molecular weight excluding hydrogens is 298 g/mol. The average molecular weight is 317 g/mol. The number of piperidine rings is 1. The molecule has 1 aliphatic heterocycles. The summed E-state index contributed by atoms with van der Waals surface area (Å²) in [4.78, 5) is 25.5. The number of hydrogen-bond donors (Lipinski definition) is 1. The number of carbonyl (C=O) groups excluding carboxylic acids is 1. The third kappa shape index (κ3) is 2.99. The zero-order valence-electron chi connectivity index (χ0n) is 12.5. The lowest BCUT2D eigenvalue weighted by Crippen LogP contribution is -2.46. The lowest BCUT2D eigenvalue weighted by Gasteiger charge is -2.34. The van der Waals surface area contributed by atoms with Crippen LogP contribution in [0.4, 0.5) is 0 Å². The molecule has 1 aromatic heterocycles. The number of nitrogens with zero attached hydrogens (tertiary/aromatic N) is 1. The van der Waals surface area contributed by atoms with Gasteiger partial charge >= 0.3 is 5.97 Å². The molecule has 1 aliphatic rings.